The summed E-state index contributed by atoms with van der Waals surface area (Å²) in [6.07, 6.45) is 3.75. The summed E-state index contributed by atoms with van der Waals surface area (Å²) in [6, 6.07) is 0. The molecule has 0 amide bonds. The first-order valence-corrected chi connectivity index (χ1v) is 3.92. The van der Waals surface area contributed by atoms with Crippen LogP contribution in [0.2, 0.25) is 0 Å². The lowest BCUT2D eigenvalue weighted by Crippen LogP contribution is -2.01. The largest absolute Gasteiger partial charge is 0.126 e. The Balaban J connectivity index is 2.33. The maximum atomic E-state index is 5.76. The van der Waals surface area contributed by atoms with Crippen LogP contribution in [0.1, 0.15) is 26.2 Å². The molecule has 0 saturated heterocycles. The summed E-state index contributed by atoms with van der Waals surface area (Å²) < 4.78 is 0. The third-order valence-electron chi connectivity index (χ3n) is 1.92. The van der Waals surface area contributed by atoms with Crippen LogP contribution in [0.15, 0.2) is 12.2 Å². The second-order valence-corrected chi connectivity index (χ2v) is 3.53. The Labute approximate surface area is 61.9 Å². The maximum absolute atomic E-state index is 5.76. The lowest BCUT2D eigenvalue weighted by molar-refractivity contribution is 0.575. The van der Waals surface area contributed by atoms with Crippen LogP contribution in [0.5, 0.6) is 0 Å². The fourth-order valence-corrected chi connectivity index (χ4v) is 1.54. The number of allylic oxidation sites excluding steroid dienone is 1. The van der Waals surface area contributed by atoms with Crippen molar-refractivity contribution in [3.8, 4) is 0 Å². The zero-order valence-electron chi connectivity index (χ0n) is 5.91. The first kappa shape index (κ1) is 7.14. The van der Waals surface area contributed by atoms with Crippen LogP contribution in [0.4, 0.5) is 0 Å². The van der Waals surface area contributed by atoms with E-state index in [0.717, 1.165) is 12.3 Å². The minimum atomic E-state index is 0.480. The van der Waals surface area contributed by atoms with Gasteiger partial charge < -0.3 is 0 Å². The Morgan fingerprint density at radius 2 is 2.22 bits per heavy atom. The summed E-state index contributed by atoms with van der Waals surface area (Å²) in [7, 11) is 0. The third kappa shape index (κ3) is 1.72. The van der Waals surface area contributed by atoms with Gasteiger partial charge in [0.1, 0.15) is 0 Å². The molecule has 9 heavy (non-hydrogen) atoms. The van der Waals surface area contributed by atoms with Crippen molar-refractivity contribution in [1.82, 2.24) is 0 Å². The van der Waals surface area contributed by atoms with Gasteiger partial charge in [0.15, 0.2) is 0 Å². The molecule has 1 rings (SSSR count). The van der Waals surface area contributed by atoms with Crippen LogP contribution in [0.25, 0.3) is 0 Å². The van der Waals surface area contributed by atoms with Gasteiger partial charge in [0.2, 0.25) is 0 Å². The topological polar surface area (TPSA) is 0 Å². The maximum Gasteiger partial charge on any atom is 0.0283 e. The van der Waals surface area contributed by atoms with Crippen LogP contribution in [-0.2, 0) is 0 Å². The standard InChI is InChI=1S/C8H13Cl/c1-7(2)5-8(6-9)3-4-8/h1,3-6H2,2H3. The number of hydrogen-bond acceptors (Lipinski definition) is 0. The summed E-state index contributed by atoms with van der Waals surface area (Å²) in [4.78, 5) is 0. The fourth-order valence-electron chi connectivity index (χ4n) is 1.17. The number of halogens is 1. The molecule has 0 radical (unpaired) electrons. The van der Waals surface area contributed by atoms with Crippen LogP contribution in [0, 0.1) is 5.41 Å². The van der Waals surface area contributed by atoms with E-state index in [-0.39, 0.29) is 0 Å². The zero-order valence-corrected chi connectivity index (χ0v) is 6.67. The Hall–Kier alpha value is 0.0300. The Morgan fingerprint density at radius 1 is 1.67 bits per heavy atom. The molecule has 0 aromatic carbocycles. The molecule has 1 aliphatic rings. The van der Waals surface area contributed by atoms with Crippen molar-refractivity contribution in [2.24, 2.45) is 5.41 Å². The minimum Gasteiger partial charge on any atom is -0.126 e. The number of rotatable bonds is 3. The van der Waals surface area contributed by atoms with E-state index in [4.69, 9.17) is 11.6 Å². The van der Waals surface area contributed by atoms with Gasteiger partial charge in [0.25, 0.3) is 0 Å². The Kier molecular flexibility index (Phi) is 1.85. The molecule has 52 valence electrons. The molecule has 0 unspecified atom stereocenters. The van der Waals surface area contributed by atoms with Gasteiger partial charge in [-0.3, -0.25) is 0 Å². The Bertz CT molecular complexity index is 123. The highest BCUT2D eigenvalue weighted by Gasteiger charge is 2.41. The smallest absolute Gasteiger partial charge is 0.0283 e. The van der Waals surface area contributed by atoms with Crippen LogP contribution < -0.4 is 0 Å². The van der Waals surface area contributed by atoms with Gasteiger partial charge in [-0.1, -0.05) is 5.57 Å². The summed E-state index contributed by atoms with van der Waals surface area (Å²) in [5, 5.41) is 0. The van der Waals surface area contributed by atoms with E-state index in [2.05, 4.69) is 13.5 Å². The fraction of sp³-hybridized carbons (Fsp3) is 0.750. The lowest BCUT2D eigenvalue weighted by Gasteiger charge is -2.08. The SMILES string of the molecule is C=C(C)CC1(CCl)CC1. The van der Waals surface area contributed by atoms with Crippen molar-refractivity contribution in [3.63, 3.8) is 0 Å². The second kappa shape index (κ2) is 2.34. The zero-order chi connectivity index (χ0) is 6.91. The molecule has 1 saturated carbocycles. The van der Waals surface area contributed by atoms with Gasteiger partial charge in [-0.15, -0.1) is 18.2 Å². The van der Waals surface area contributed by atoms with Crippen LogP contribution in [0.3, 0.4) is 0 Å². The normalized spacial score (nSPS) is 21.6. The van der Waals surface area contributed by atoms with Crippen molar-refractivity contribution in [3.05, 3.63) is 12.2 Å². The molecule has 0 aliphatic heterocycles. The van der Waals surface area contributed by atoms with Crippen molar-refractivity contribution >= 4 is 11.6 Å². The molecule has 1 aliphatic carbocycles. The third-order valence-corrected chi connectivity index (χ3v) is 2.48. The molecule has 0 nitrogen and oxygen atoms in total. The molecule has 0 N–H and O–H groups in total. The molecule has 0 bridgehead atoms. The molecule has 0 spiro atoms. The van der Waals surface area contributed by atoms with E-state index in [1.54, 1.807) is 0 Å². The average molecular weight is 145 g/mol. The van der Waals surface area contributed by atoms with Crippen molar-refractivity contribution in [2.75, 3.05) is 5.88 Å². The van der Waals surface area contributed by atoms with Gasteiger partial charge in [-0.25, -0.2) is 0 Å². The first-order chi connectivity index (χ1) is 4.18. The van der Waals surface area contributed by atoms with E-state index < -0.39 is 0 Å². The summed E-state index contributed by atoms with van der Waals surface area (Å²) >= 11 is 5.76. The molecular formula is C8H13Cl. The predicted octanol–water partition coefficient (Wildman–Crippen LogP) is 2.97. The number of hydrogen-bond donors (Lipinski definition) is 0. The average Bonchev–Trinajstić information content (AvgIpc) is 2.48. The van der Waals surface area contributed by atoms with E-state index in [1.165, 1.54) is 18.4 Å². The molecule has 1 heteroatoms. The molecular weight excluding hydrogens is 132 g/mol. The summed E-state index contributed by atoms with van der Waals surface area (Å²) in [5.74, 6) is 0.819. The predicted molar refractivity (Wildman–Crippen MR) is 41.8 cm³/mol. The second-order valence-electron chi connectivity index (χ2n) is 3.27. The van der Waals surface area contributed by atoms with E-state index in [9.17, 15) is 0 Å². The quantitative estimate of drug-likeness (QED) is 0.422. The highest BCUT2D eigenvalue weighted by atomic mass is 35.5. The van der Waals surface area contributed by atoms with Crippen molar-refractivity contribution in [1.29, 1.82) is 0 Å². The highest BCUT2D eigenvalue weighted by Crippen LogP contribution is 2.50. The lowest BCUT2D eigenvalue weighted by atomic mass is 10.0. The number of alkyl halides is 1. The van der Waals surface area contributed by atoms with Gasteiger partial charge in [0, 0.05) is 5.88 Å². The Morgan fingerprint density at radius 3 is 2.33 bits per heavy atom. The van der Waals surface area contributed by atoms with Gasteiger partial charge in [0.05, 0.1) is 0 Å². The van der Waals surface area contributed by atoms with Crippen LogP contribution >= 0.6 is 11.6 Å². The van der Waals surface area contributed by atoms with E-state index in [0.29, 0.717) is 5.41 Å². The molecule has 0 heterocycles. The highest BCUT2D eigenvalue weighted by molar-refractivity contribution is 6.18. The molecule has 0 aromatic heterocycles. The van der Waals surface area contributed by atoms with E-state index >= 15 is 0 Å². The van der Waals surface area contributed by atoms with Crippen molar-refractivity contribution in [2.45, 2.75) is 26.2 Å². The molecule has 1 fully saturated rings. The minimum absolute atomic E-state index is 0.480. The first-order valence-electron chi connectivity index (χ1n) is 3.39. The molecule has 0 atom stereocenters. The summed E-state index contributed by atoms with van der Waals surface area (Å²) in [5.41, 5.74) is 1.75. The summed E-state index contributed by atoms with van der Waals surface area (Å²) in [6.45, 7) is 5.95. The van der Waals surface area contributed by atoms with Gasteiger partial charge >= 0.3 is 0 Å². The van der Waals surface area contributed by atoms with E-state index in [1.807, 2.05) is 0 Å². The monoisotopic (exact) mass is 144 g/mol. The molecule has 0 aromatic rings. The van der Waals surface area contributed by atoms with Crippen LogP contribution in [-0.4, -0.2) is 5.88 Å². The van der Waals surface area contributed by atoms with Gasteiger partial charge in [-0.2, -0.15) is 0 Å². The van der Waals surface area contributed by atoms with Crippen molar-refractivity contribution < 1.29 is 0 Å². The van der Waals surface area contributed by atoms with Gasteiger partial charge in [-0.05, 0) is 31.6 Å².